The number of benzene rings is 1. The second kappa shape index (κ2) is 3.90. The van der Waals surface area contributed by atoms with Crippen molar-refractivity contribution in [1.29, 1.82) is 0 Å². The number of fused-ring (bicyclic) bond motifs is 1. The summed E-state index contributed by atoms with van der Waals surface area (Å²) < 4.78 is 0. The summed E-state index contributed by atoms with van der Waals surface area (Å²) in [5, 5.41) is 12.1. The lowest BCUT2D eigenvalue weighted by Crippen LogP contribution is -1.74. The summed E-state index contributed by atoms with van der Waals surface area (Å²) in [4.78, 5) is 4.41. The van der Waals surface area contributed by atoms with Gasteiger partial charge in [0.1, 0.15) is 0 Å². The Morgan fingerprint density at radius 2 is 2.31 bits per heavy atom. The zero-order valence-electron chi connectivity index (χ0n) is 8.42. The van der Waals surface area contributed by atoms with Crippen LogP contribution in [0.15, 0.2) is 46.2 Å². The van der Waals surface area contributed by atoms with E-state index in [0.29, 0.717) is 0 Å². The highest BCUT2D eigenvalue weighted by molar-refractivity contribution is 7.08. The van der Waals surface area contributed by atoms with E-state index in [1.807, 2.05) is 42.1 Å². The minimum absolute atomic E-state index is 0.933. The summed E-state index contributed by atoms with van der Waals surface area (Å²) in [6.07, 6.45) is 3.68. The molecule has 0 saturated heterocycles. The highest BCUT2D eigenvalue weighted by Gasteiger charge is 1.96. The van der Waals surface area contributed by atoms with Crippen LogP contribution in [-0.2, 0) is 0 Å². The fraction of sp³-hybridized carbons (Fsp3) is 0. The predicted molar refractivity (Wildman–Crippen MR) is 67.7 cm³/mol. The monoisotopic (exact) mass is 227 g/mol. The zero-order valence-corrected chi connectivity index (χ0v) is 9.24. The first-order valence-corrected chi connectivity index (χ1v) is 5.85. The molecule has 0 aliphatic carbocycles. The van der Waals surface area contributed by atoms with Crippen molar-refractivity contribution in [2.24, 2.45) is 4.99 Å². The summed E-state index contributed by atoms with van der Waals surface area (Å²) in [7, 11) is 0. The number of hydrogen-bond donors (Lipinski definition) is 1. The van der Waals surface area contributed by atoms with Gasteiger partial charge in [0.2, 0.25) is 0 Å². The van der Waals surface area contributed by atoms with Gasteiger partial charge in [-0.1, -0.05) is 0 Å². The second-order valence-corrected chi connectivity index (χ2v) is 4.24. The summed E-state index contributed by atoms with van der Waals surface area (Å²) in [6, 6.07) is 8.04. The van der Waals surface area contributed by atoms with Crippen molar-refractivity contribution in [1.82, 2.24) is 10.2 Å². The van der Waals surface area contributed by atoms with E-state index in [0.717, 1.165) is 22.2 Å². The van der Waals surface area contributed by atoms with Gasteiger partial charge in [0.15, 0.2) is 0 Å². The summed E-state index contributed by atoms with van der Waals surface area (Å²) in [5.74, 6) is 0. The standard InChI is InChI=1S/C12H9N3S/c1-2-11(5-12-10(1)7-14-15-12)13-6-9-3-4-16-8-9/h1-8H,(H,14,15). The third-order valence-corrected chi connectivity index (χ3v) is 3.03. The molecular formula is C12H9N3S. The molecule has 0 saturated carbocycles. The molecule has 2 aromatic heterocycles. The van der Waals surface area contributed by atoms with E-state index in [1.54, 1.807) is 11.3 Å². The largest absolute Gasteiger partial charge is 0.278 e. The van der Waals surface area contributed by atoms with Crippen LogP contribution in [0, 0.1) is 0 Å². The van der Waals surface area contributed by atoms with Crippen LogP contribution in [0.1, 0.15) is 5.56 Å². The van der Waals surface area contributed by atoms with Crippen molar-refractivity contribution >= 4 is 34.1 Å². The van der Waals surface area contributed by atoms with Gasteiger partial charge >= 0.3 is 0 Å². The Hall–Kier alpha value is -1.94. The zero-order chi connectivity index (χ0) is 10.8. The van der Waals surface area contributed by atoms with Gasteiger partial charge in [-0.15, -0.1) is 0 Å². The van der Waals surface area contributed by atoms with Crippen molar-refractivity contribution in [2.75, 3.05) is 0 Å². The van der Waals surface area contributed by atoms with Crippen LogP contribution >= 0.6 is 11.3 Å². The van der Waals surface area contributed by atoms with Crippen LogP contribution in [0.25, 0.3) is 10.9 Å². The summed E-state index contributed by atoms with van der Waals surface area (Å²) in [5.41, 5.74) is 3.08. The number of nitrogens with zero attached hydrogens (tertiary/aromatic N) is 2. The topological polar surface area (TPSA) is 41.0 Å². The van der Waals surface area contributed by atoms with Crippen LogP contribution in [0.4, 0.5) is 5.69 Å². The van der Waals surface area contributed by atoms with E-state index in [-0.39, 0.29) is 0 Å². The number of thiophene rings is 1. The number of rotatable bonds is 2. The minimum Gasteiger partial charge on any atom is -0.278 e. The SMILES string of the molecule is C(=Nc1ccc2cn[nH]c2c1)c1ccsc1. The molecule has 0 unspecified atom stereocenters. The Kier molecular flexibility index (Phi) is 2.27. The molecule has 0 aliphatic rings. The molecule has 0 atom stereocenters. The fourth-order valence-electron chi connectivity index (χ4n) is 1.50. The molecule has 0 bridgehead atoms. The average Bonchev–Trinajstić information content (AvgIpc) is 2.97. The van der Waals surface area contributed by atoms with Gasteiger partial charge in [-0.25, -0.2) is 0 Å². The minimum atomic E-state index is 0.933. The molecule has 0 spiro atoms. The van der Waals surface area contributed by atoms with Gasteiger partial charge in [-0.3, -0.25) is 10.1 Å². The van der Waals surface area contributed by atoms with Gasteiger partial charge in [-0.2, -0.15) is 16.4 Å². The van der Waals surface area contributed by atoms with E-state index in [9.17, 15) is 0 Å². The number of aromatic amines is 1. The molecule has 0 radical (unpaired) electrons. The lowest BCUT2D eigenvalue weighted by molar-refractivity contribution is 1.12. The third kappa shape index (κ3) is 1.75. The lowest BCUT2D eigenvalue weighted by atomic mass is 10.2. The maximum absolute atomic E-state index is 4.41. The van der Waals surface area contributed by atoms with E-state index >= 15 is 0 Å². The number of aromatic nitrogens is 2. The van der Waals surface area contributed by atoms with Gasteiger partial charge < -0.3 is 0 Å². The van der Waals surface area contributed by atoms with Crippen molar-refractivity contribution in [2.45, 2.75) is 0 Å². The molecule has 2 heterocycles. The first-order chi connectivity index (χ1) is 7.92. The normalized spacial score (nSPS) is 11.5. The van der Waals surface area contributed by atoms with Gasteiger partial charge in [0, 0.05) is 17.2 Å². The van der Waals surface area contributed by atoms with Gasteiger partial charge in [0.05, 0.1) is 17.4 Å². The molecule has 3 nitrogen and oxygen atoms in total. The molecule has 1 N–H and O–H groups in total. The third-order valence-electron chi connectivity index (χ3n) is 2.33. The highest BCUT2D eigenvalue weighted by atomic mass is 32.1. The molecule has 3 rings (SSSR count). The predicted octanol–water partition coefficient (Wildman–Crippen LogP) is 3.38. The van der Waals surface area contributed by atoms with E-state index in [4.69, 9.17) is 0 Å². The maximum Gasteiger partial charge on any atom is 0.0671 e. The molecule has 16 heavy (non-hydrogen) atoms. The molecule has 0 aliphatic heterocycles. The number of aliphatic imine (C=N–C) groups is 1. The average molecular weight is 227 g/mol. The second-order valence-electron chi connectivity index (χ2n) is 3.46. The van der Waals surface area contributed by atoms with E-state index in [2.05, 4.69) is 20.6 Å². The lowest BCUT2D eigenvalue weighted by Gasteiger charge is -1.92. The van der Waals surface area contributed by atoms with Gasteiger partial charge in [0.25, 0.3) is 0 Å². The Bertz CT molecular complexity index is 623. The maximum atomic E-state index is 4.41. The molecule has 3 aromatic rings. The van der Waals surface area contributed by atoms with Gasteiger partial charge in [-0.05, 0) is 35.0 Å². The Morgan fingerprint density at radius 3 is 3.19 bits per heavy atom. The first-order valence-electron chi connectivity index (χ1n) is 4.91. The molecule has 78 valence electrons. The number of nitrogens with one attached hydrogen (secondary N) is 1. The summed E-state index contributed by atoms with van der Waals surface area (Å²) >= 11 is 1.67. The molecule has 4 heteroatoms. The van der Waals surface area contributed by atoms with Crippen molar-refractivity contribution in [3.05, 3.63) is 46.8 Å². The van der Waals surface area contributed by atoms with Crippen LogP contribution < -0.4 is 0 Å². The van der Waals surface area contributed by atoms with E-state index in [1.165, 1.54) is 0 Å². The van der Waals surface area contributed by atoms with E-state index < -0.39 is 0 Å². The van der Waals surface area contributed by atoms with Crippen LogP contribution in [-0.4, -0.2) is 16.4 Å². The number of H-pyrrole nitrogens is 1. The van der Waals surface area contributed by atoms with Crippen molar-refractivity contribution in [3.8, 4) is 0 Å². The molecule has 0 amide bonds. The van der Waals surface area contributed by atoms with Crippen LogP contribution in [0.2, 0.25) is 0 Å². The molecule has 1 aromatic carbocycles. The van der Waals surface area contributed by atoms with Crippen molar-refractivity contribution < 1.29 is 0 Å². The first kappa shape index (κ1) is 9.30. The van der Waals surface area contributed by atoms with Crippen LogP contribution in [0.5, 0.6) is 0 Å². The Morgan fingerprint density at radius 1 is 1.31 bits per heavy atom. The highest BCUT2D eigenvalue weighted by Crippen LogP contribution is 2.19. The smallest absolute Gasteiger partial charge is 0.0671 e. The summed E-state index contributed by atoms with van der Waals surface area (Å²) in [6.45, 7) is 0. The van der Waals surface area contributed by atoms with Crippen molar-refractivity contribution in [3.63, 3.8) is 0 Å². The molecule has 0 fully saturated rings. The fourth-order valence-corrected chi connectivity index (χ4v) is 2.11. The van der Waals surface area contributed by atoms with Crippen LogP contribution in [0.3, 0.4) is 0 Å². The quantitative estimate of drug-likeness (QED) is 0.670. The molecular weight excluding hydrogens is 218 g/mol. The Labute approximate surface area is 96.5 Å². The Balaban J connectivity index is 1.94. The number of hydrogen-bond acceptors (Lipinski definition) is 3.